The Morgan fingerprint density at radius 2 is 2.06 bits per heavy atom. The molecule has 3 nitrogen and oxygen atoms in total. The molecular formula is C14H13N3. The fraction of sp³-hybridized carbons (Fsp3) is 0.214. The van der Waals surface area contributed by atoms with Crippen molar-refractivity contribution >= 4 is 5.57 Å². The van der Waals surface area contributed by atoms with Crippen LogP contribution in [0.4, 0.5) is 0 Å². The van der Waals surface area contributed by atoms with Crippen LogP contribution in [0.1, 0.15) is 18.3 Å². The summed E-state index contributed by atoms with van der Waals surface area (Å²) in [6.45, 7) is 2.07. The summed E-state index contributed by atoms with van der Waals surface area (Å²) in [4.78, 5) is 8.64. The minimum Gasteiger partial charge on any atom is -0.236 e. The van der Waals surface area contributed by atoms with Gasteiger partial charge in [-0.3, -0.25) is 0 Å². The fourth-order valence-corrected chi connectivity index (χ4v) is 1.53. The van der Waals surface area contributed by atoms with Gasteiger partial charge in [0, 0.05) is 18.0 Å². The third-order valence-electron chi connectivity index (χ3n) is 2.60. The topological polar surface area (TPSA) is 49.6 Å². The second-order valence-corrected chi connectivity index (χ2v) is 3.79. The van der Waals surface area contributed by atoms with Gasteiger partial charge in [0.2, 0.25) is 0 Å². The zero-order valence-corrected chi connectivity index (χ0v) is 9.67. The monoisotopic (exact) mass is 223 g/mol. The third kappa shape index (κ3) is 2.67. The molecule has 0 bridgehead atoms. The summed E-state index contributed by atoms with van der Waals surface area (Å²) in [6.07, 6.45) is 14.0. The Hall–Kier alpha value is -2.21. The fourth-order valence-electron chi connectivity index (χ4n) is 1.53. The number of aryl methyl sites for hydroxylation is 1. The third-order valence-corrected chi connectivity index (χ3v) is 2.60. The van der Waals surface area contributed by atoms with Gasteiger partial charge in [0.05, 0.1) is 12.0 Å². The van der Waals surface area contributed by atoms with Gasteiger partial charge in [-0.15, -0.1) is 0 Å². The lowest BCUT2D eigenvalue weighted by Gasteiger charge is -2.00. The number of rotatable bonds is 2. The van der Waals surface area contributed by atoms with Gasteiger partial charge in [-0.25, -0.2) is 9.97 Å². The smallest absolute Gasteiger partial charge is 0.159 e. The van der Waals surface area contributed by atoms with E-state index in [2.05, 4.69) is 23.0 Å². The lowest BCUT2D eigenvalue weighted by Crippen LogP contribution is -1.94. The molecule has 0 spiro atoms. The largest absolute Gasteiger partial charge is 0.236 e. The number of hydrogen-bond acceptors (Lipinski definition) is 3. The second kappa shape index (κ2) is 5.22. The summed E-state index contributed by atoms with van der Waals surface area (Å²) in [5.74, 6) is 0.528. The highest BCUT2D eigenvalue weighted by molar-refractivity contribution is 5.71. The van der Waals surface area contributed by atoms with E-state index in [1.165, 1.54) is 0 Å². The number of aromatic nitrogens is 2. The summed E-state index contributed by atoms with van der Waals surface area (Å²) in [7, 11) is 0. The lowest BCUT2D eigenvalue weighted by atomic mass is 10.1. The molecule has 1 aromatic rings. The molecule has 0 radical (unpaired) electrons. The van der Waals surface area contributed by atoms with Crippen LogP contribution in [0.5, 0.6) is 0 Å². The van der Waals surface area contributed by atoms with Crippen molar-refractivity contribution in [3.63, 3.8) is 0 Å². The maximum Gasteiger partial charge on any atom is 0.159 e. The Balaban J connectivity index is 2.26. The molecule has 0 aromatic carbocycles. The number of nitriles is 1. The molecule has 0 amide bonds. The summed E-state index contributed by atoms with van der Waals surface area (Å²) in [5.41, 5.74) is 2.05. The molecule has 0 N–H and O–H groups in total. The van der Waals surface area contributed by atoms with Crippen molar-refractivity contribution in [3.8, 4) is 6.07 Å². The number of hydrogen-bond donors (Lipinski definition) is 0. The zero-order valence-electron chi connectivity index (χ0n) is 9.67. The summed E-state index contributed by atoms with van der Waals surface area (Å²) in [5, 5.41) is 8.83. The molecule has 0 saturated carbocycles. The lowest BCUT2D eigenvalue weighted by molar-refractivity contribution is 1.02. The number of nitrogens with zero attached hydrogens (tertiary/aromatic N) is 3. The maximum atomic E-state index is 8.83. The van der Waals surface area contributed by atoms with Crippen LogP contribution in [-0.4, -0.2) is 9.97 Å². The van der Waals surface area contributed by atoms with E-state index in [-0.39, 0.29) is 5.92 Å². The standard InChI is InChI=1S/C14H13N3/c1-2-11-9-16-14(17-10-11)13-5-3-4-12(8-15)6-7-13/h3-7,9-10,12H,2H2,1H3. The minimum atomic E-state index is -0.168. The van der Waals surface area contributed by atoms with Crippen LogP contribution in [0.25, 0.3) is 5.57 Å². The first-order valence-electron chi connectivity index (χ1n) is 5.61. The molecule has 1 aliphatic carbocycles. The Bertz CT molecular complexity index is 515. The van der Waals surface area contributed by atoms with E-state index >= 15 is 0 Å². The van der Waals surface area contributed by atoms with E-state index in [0.717, 1.165) is 17.6 Å². The van der Waals surface area contributed by atoms with Crippen molar-refractivity contribution in [2.45, 2.75) is 13.3 Å². The highest BCUT2D eigenvalue weighted by Crippen LogP contribution is 2.16. The predicted octanol–water partition coefficient (Wildman–Crippen LogP) is 2.69. The average Bonchev–Trinajstić information content (AvgIpc) is 2.64. The van der Waals surface area contributed by atoms with E-state index in [4.69, 9.17) is 5.26 Å². The second-order valence-electron chi connectivity index (χ2n) is 3.79. The molecular weight excluding hydrogens is 210 g/mol. The van der Waals surface area contributed by atoms with Crippen LogP contribution in [0.15, 0.2) is 42.8 Å². The van der Waals surface area contributed by atoms with Crippen LogP contribution < -0.4 is 0 Å². The summed E-state index contributed by atoms with van der Waals surface area (Å²) in [6, 6.07) is 2.19. The summed E-state index contributed by atoms with van der Waals surface area (Å²) < 4.78 is 0. The van der Waals surface area contributed by atoms with Crippen LogP contribution in [0.3, 0.4) is 0 Å². The van der Waals surface area contributed by atoms with Gasteiger partial charge in [-0.05, 0) is 12.0 Å². The Morgan fingerprint density at radius 3 is 2.71 bits per heavy atom. The van der Waals surface area contributed by atoms with E-state index in [1.807, 2.05) is 42.8 Å². The van der Waals surface area contributed by atoms with Gasteiger partial charge in [0.1, 0.15) is 0 Å². The van der Waals surface area contributed by atoms with Gasteiger partial charge in [0.15, 0.2) is 5.82 Å². The molecule has 1 atom stereocenters. The van der Waals surface area contributed by atoms with Crippen molar-refractivity contribution in [2.75, 3.05) is 0 Å². The van der Waals surface area contributed by atoms with Gasteiger partial charge >= 0.3 is 0 Å². The molecule has 0 aliphatic heterocycles. The van der Waals surface area contributed by atoms with E-state index in [0.29, 0.717) is 5.82 Å². The molecule has 1 unspecified atom stereocenters. The zero-order chi connectivity index (χ0) is 12.1. The molecule has 0 saturated heterocycles. The maximum absolute atomic E-state index is 8.83. The van der Waals surface area contributed by atoms with E-state index < -0.39 is 0 Å². The Labute approximate surface area is 101 Å². The van der Waals surface area contributed by atoms with Gasteiger partial charge < -0.3 is 0 Å². The first-order chi connectivity index (χ1) is 8.33. The first kappa shape index (κ1) is 11.3. The molecule has 0 fully saturated rings. The van der Waals surface area contributed by atoms with Gasteiger partial charge in [0.25, 0.3) is 0 Å². The number of allylic oxidation sites excluding steroid dienone is 6. The molecule has 1 aromatic heterocycles. The highest BCUT2D eigenvalue weighted by atomic mass is 14.9. The van der Waals surface area contributed by atoms with Crippen molar-refractivity contribution < 1.29 is 0 Å². The first-order valence-corrected chi connectivity index (χ1v) is 5.61. The Kier molecular flexibility index (Phi) is 3.46. The van der Waals surface area contributed by atoms with Gasteiger partial charge in [-0.1, -0.05) is 37.3 Å². The average molecular weight is 223 g/mol. The van der Waals surface area contributed by atoms with Crippen molar-refractivity contribution in [3.05, 3.63) is 54.2 Å². The molecule has 84 valence electrons. The van der Waals surface area contributed by atoms with Crippen LogP contribution >= 0.6 is 0 Å². The molecule has 1 aliphatic rings. The minimum absolute atomic E-state index is 0.168. The van der Waals surface area contributed by atoms with Crippen molar-refractivity contribution in [1.82, 2.24) is 9.97 Å². The summed E-state index contributed by atoms with van der Waals surface area (Å²) >= 11 is 0. The van der Waals surface area contributed by atoms with Crippen molar-refractivity contribution in [2.24, 2.45) is 5.92 Å². The van der Waals surface area contributed by atoms with Crippen molar-refractivity contribution in [1.29, 1.82) is 5.26 Å². The van der Waals surface area contributed by atoms with Gasteiger partial charge in [-0.2, -0.15) is 5.26 Å². The van der Waals surface area contributed by atoms with Crippen LogP contribution in [0, 0.1) is 17.2 Å². The molecule has 3 heteroatoms. The molecule has 1 heterocycles. The molecule has 2 rings (SSSR count). The highest BCUT2D eigenvalue weighted by Gasteiger charge is 2.05. The molecule has 17 heavy (non-hydrogen) atoms. The normalized spacial score (nSPS) is 18.4. The predicted molar refractivity (Wildman–Crippen MR) is 66.8 cm³/mol. The Morgan fingerprint density at radius 1 is 1.29 bits per heavy atom. The van der Waals surface area contributed by atoms with E-state index in [1.54, 1.807) is 0 Å². The van der Waals surface area contributed by atoms with Crippen LogP contribution in [-0.2, 0) is 6.42 Å². The van der Waals surface area contributed by atoms with E-state index in [9.17, 15) is 0 Å². The van der Waals surface area contributed by atoms with Crippen LogP contribution in [0.2, 0.25) is 0 Å². The quantitative estimate of drug-likeness (QED) is 0.774. The SMILES string of the molecule is CCc1cnc(C2=CC=CC(C#N)C=C2)nc1.